The molecule has 1 aromatic carbocycles. The van der Waals surface area contributed by atoms with Crippen LogP contribution in [0, 0.1) is 5.82 Å². The fourth-order valence-electron chi connectivity index (χ4n) is 4.04. The Morgan fingerprint density at radius 3 is 2.61 bits per heavy atom. The molecule has 0 N–H and O–H groups in total. The van der Waals surface area contributed by atoms with E-state index in [2.05, 4.69) is 14.8 Å². The summed E-state index contributed by atoms with van der Waals surface area (Å²) >= 11 is 6.39. The number of rotatable bonds is 2. The molecule has 4 rings (SSSR count). The van der Waals surface area contributed by atoms with Crippen molar-refractivity contribution in [1.29, 1.82) is 0 Å². The molecule has 1 aliphatic carbocycles. The van der Waals surface area contributed by atoms with Gasteiger partial charge < -0.3 is 4.57 Å². The summed E-state index contributed by atoms with van der Waals surface area (Å²) in [7, 11) is 0. The molecule has 23 heavy (non-hydrogen) atoms. The lowest BCUT2D eigenvalue weighted by Crippen LogP contribution is -2.39. The number of aryl methyl sites for hydroxylation is 1. The molecule has 0 atom stereocenters. The molecule has 2 aromatic rings. The minimum atomic E-state index is -0.287. The highest BCUT2D eigenvalue weighted by atomic mass is 35.5. The number of hydrogen-bond donors (Lipinski definition) is 0. The zero-order chi connectivity index (χ0) is 15.9. The largest absolute Gasteiger partial charge is 0.314 e. The summed E-state index contributed by atoms with van der Waals surface area (Å²) in [4.78, 5) is 0. The van der Waals surface area contributed by atoms with Crippen LogP contribution in [0.1, 0.15) is 62.2 Å². The summed E-state index contributed by atoms with van der Waals surface area (Å²) in [5, 5.41) is 9.56. The smallest absolute Gasteiger partial charge is 0.143 e. The van der Waals surface area contributed by atoms with Crippen LogP contribution in [0.25, 0.3) is 0 Å². The lowest BCUT2D eigenvalue weighted by Gasteiger charge is -2.42. The number of aromatic nitrogens is 3. The van der Waals surface area contributed by atoms with Crippen molar-refractivity contribution in [2.24, 2.45) is 0 Å². The van der Waals surface area contributed by atoms with E-state index in [0.717, 1.165) is 49.4 Å². The monoisotopic (exact) mass is 333 g/mol. The topological polar surface area (TPSA) is 30.7 Å². The standard InChI is InChI=1S/C18H21ClFN3/c19-15-12-13(20)7-8-14(15)18(9-5-10-18)17-22-21-16-6-3-1-2-4-11-23(16)17/h7-8,12H,1-6,9-11H2. The molecular weight excluding hydrogens is 313 g/mol. The first-order chi connectivity index (χ1) is 11.2. The summed E-state index contributed by atoms with van der Waals surface area (Å²) in [6, 6.07) is 4.76. The minimum Gasteiger partial charge on any atom is -0.314 e. The van der Waals surface area contributed by atoms with Crippen LogP contribution in [-0.2, 0) is 18.4 Å². The number of halogens is 2. The first-order valence-corrected chi connectivity index (χ1v) is 8.97. The van der Waals surface area contributed by atoms with Crippen molar-refractivity contribution in [3.63, 3.8) is 0 Å². The van der Waals surface area contributed by atoms with Gasteiger partial charge in [-0.1, -0.05) is 36.9 Å². The molecule has 3 nitrogen and oxygen atoms in total. The molecule has 1 fully saturated rings. The maximum atomic E-state index is 13.5. The second-order valence-corrected chi connectivity index (χ2v) is 7.22. The highest BCUT2D eigenvalue weighted by molar-refractivity contribution is 6.31. The zero-order valence-electron chi connectivity index (χ0n) is 13.2. The normalized spacial score (nSPS) is 20.3. The molecule has 1 saturated carbocycles. The van der Waals surface area contributed by atoms with E-state index in [-0.39, 0.29) is 11.2 Å². The van der Waals surface area contributed by atoms with Crippen LogP contribution in [0.4, 0.5) is 4.39 Å². The number of hydrogen-bond acceptors (Lipinski definition) is 2. The van der Waals surface area contributed by atoms with Crippen LogP contribution < -0.4 is 0 Å². The predicted molar refractivity (Wildman–Crippen MR) is 88.2 cm³/mol. The Hall–Kier alpha value is -1.42. The predicted octanol–water partition coefficient (Wildman–Crippen LogP) is 4.66. The SMILES string of the molecule is Fc1ccc(C2(c3nnc4n3CCCCCC4)CCC2)c(Cl)c1. The lowest BCUT2D eigenvalue weighted by atomic mass is 9.63. The Kier molecular flexibility index (Phi) is 3.88. The van der Waals surface area contributed by atoms with Crippen LogP contribution in [0.3, 0.4) is 0 Å². The number of benzene rings is 1. The third-order valence-corrected chi connectivity index (χ3v) is 5.75. The van der Waals surface area contributed by atoms with E-state index in [1.54, 1.807) is 0 Å². The Balaban J connectivity index is 1.81. The van der Waals surface area contributed by atoms with Gasteiger partial charge >= 0.3 is 0 Å². The van der Waals surface area contributed by atoms with Gasteiger partial charge in [0, 0.05) is 18.0 Å². The lowest BCUT2D eigenvalue weighted by molar-refractivity contribution is 0.272. The van der Waals surface area contributed by atoms with Gasteiger partial charge in [-0.3, -0.25) is 0 Å². The molecule has 0 bridgehead atoms. The van der Waals surface area contributed by atoms with Gasteiger partial charge in [-0.05, 0) is 43.4 Å². The second kappa shape index (κ2) is 5.90. The van der Waals surface area contributed by atoms with Gasteiger partial charge in [0.25, 0.3) is 0 Å². The fraction of sp³-hybridized carbons (Fsp3) is 0.556. The van der Waals surface area contributed by atoms with Gasteiger partial charge in [0.2, 0.25) is 0 Å². The quantitative estimate of drug-likeness (QED) is 0.800. The van der Waals surface area contributed by atoms with Gasteiger partial charge in [0.15, 0.2) is 0 Å². The zero-order valence-corrected chi connectivity index (χ0v) is 13.9. The second-order valence-electron chi connectivity index (χ2n) is 6.82. The van der Waals surface area contributed by atoms with Gasteiger partial charge in [0.05, 0.1) is 5.41 Å². The Labute approximate surface area is 140 Å². The van der Waals surface area contributed by atoms with Gasteiger partial charge in [0.1, 0.15) is 17.5 Å². The molecule has 1 aromatic heterocycles. The molecular formula is C18H21ClFN3. The molecule has 0 unspecified atom stereocenters. The van der Waals surface area contributed by atoms with Gasteiger partial charge in [-0.25, -0.2) is 4.39 Å². The van der Waals surface area contributed by atoms with Crippen LogP contribution >= 0.6 is 11.6 Å². The molecule has 0 spiro atoms. The van der Waals surface area contributed by atoms with Crippen molar-refractivity contribution in [2.75, 3.05) is 0 Å². The van der Waals surface area contributed by atoms with Crippen molar-refractivity contribution in [1.82, 2.24) is 14.8 Å². The first-order valence-electron chi connectivity index (χ1n) is 8.59. The van der Waals surface area contributed by atoms with E-state index in [0.29, 0.717) is 5.02 Å². The average Bonchev–Trinajstić information content (AvgIpc) is 2.82. The summed E-state index contributed by atoms with van der Waals surface area (Å²) in [5.74, 6) is 1.85. The highest BCUT2D eigenvalue weighted by Gasteiger charge is 2.46. The third kappa shape index (κ3) is 2.47. The molecule has 5 heteroatoms. The molecule has 0 radical (unpaired) electrons. The molecule has 2 aliphatic rings. The van der Waals surface area contributed by atoms with E-state index in [1.165, 1.54) is 37.8 Å². The van der Waals surface area contributed by atoms with E-state index >= 15 is 0 Å². The maximum absolute atomic E-state index is 13.5. The highest BCUT2D eigenvalue weighted by Crippen LogP contribution is 2.50. The van der Waals surface area contributed by atoms with Crippen LogP contribution in [0.15, 0.2) is 18.2 Å². The van der Waals surface area contributed by atoms with E-state index < -0.39 is 0 Å². The molecule has 0 amide bonds. The molecule has 1 aliphatic heterocycles. The van der Waals surface area contributed by atoms with E-state index in [4.69, 9.17) is 11.6 Å². The van der Waals surface area contributed by atoms with Crippen molar-refractivity contribution in [2.45, 2.75) is 63.3 Å². The van der Waals surface area contributed by atoms with E-state index in [1.807, 2.05) is 6.07 Å². The van der Waals surface area contributed by atoms with Crippen LogP contribution in [0.5, 0.6) is 0 Å². The van der Waals surface area contributed by atoms with Crippen LogP contribution in [0.2, 0.25) is 5.02 Å². The van der Waals surface area contributed by atoms with Crippen molar-refractivity contribution < 1.29 is 4.39 Å². The Morgan fingerprint density at radius 2 is 1.87 bits per heavy atom. The summed E-state index contributed by atoms with van der Waals surface area (Å²) in [5.41, 5.74) is 0.818. The van der Waals surface area contributed by atoms with E-state index in [9.17, 15) is 4.39 Å². The molecule has 2 heterocycles. The van der Waals surface area contributed by atoms with Crippen molar-refractivity contribution in [3.8, 4) is 0 Å². The summed E-state index contributed by atoms with van der Waals surface area (Å²) < 4.78 is 15.8. The molecule has 0 saturated heterocycles. The van der Waals surface area contributed by atoms with Crippen molar-refractivity contribution in [3.05, 3.63) is 46.3 Å². The number of fused-ring (bicyclic) bond motifs is 1. The minimum absolute atomic E-state index is 0.185. The number of nitrogens with zero attached hydrogens (tertiary/aromatic N) is 3. The third-order valence-electron chi connectivity index (χ3n) is 5.44. The fourth-order valence-corrected chi connectivity index (χ4v) is 4.39. The summed E-state index contributed by atoms with van der Waals surface area (Å²) in [6.07, 6.45) is 9.06. The van der Waals surface area contributed by atoms with Crippen LogP contribution in [-0.4, -0.2) is 14.8 Å². The summed E-state index contributed by atoms with van der Waals surface area (Å²) in [6.45, 7) is 0.984. The van der Waals surface area contributed by atoms with Crippen molar-refractivity contribution >= 4 is 11.6 Å². The first kappa shape index (κ1) is 15.1. The Bertz CT molecular complexity index is 721. The Morgan fingerprint density at radius 1 is 1.04 bits per heavy atom. The van der Waals surface area contributed by atoms with Gasteiger partial charge in [-0.15, -0.1) is 10.2 Å². The molecule has 122 valence electrons. The maximum Gasteiger partial charge on any atom is 0.143 e. The average molecular weight is 334 g/mol. The van der Waals surface area contributed by atoms with Gasteiger partial charge in [-0.2, -0.15) is 0 Å².